The lowest BCUT2D eigenvalue weighted by molar-refractivity contribution is 0.0713. The number of hydrogen-bond acceptors (Lipinski definition) is 5. The van der Waals surface area contributed by atoms with Gasteiger partial charge >= 0.3 is 0 Å². The number of piperidine rings is 1. The number of sulfonamides is 1. The van der Waals surface area contributed by atoms with Gasteiger partial charge in [0.15, 0.2) is 0 Å². The van der Waals surface area contributed by atoms with Crippen LogP contribution >= 0.6 is 0 Å². The Bertz CT molecular complexity index is 1490. The molecule has 1 aliphatic rings. The van der Waals surface area contributed by atoms with Crippen molar-refractivity contribution in [1.29, 1.82) is 0 Å². The average molecular weight is 488 g/mol. The number of benzene rings is 3. The van der Waals surface area contributed by atoms with Crippen molar-refractivity contribution < 1.29 is 18.3 Å². The molecule has 7 nitrogen and oxygen atoms in total. The average Bonchev–Trinajstić information content (AvgIpc) is 2.88. The molecule has 3 aromatic carbocycles. The van der Waals surface area contributed by atoms with Gasteiger partial charge in [0.25, 0.3) is 5.91 Å². The molecule has 4 aromatic rings. The van der Waals surface area contributed by atoms with Gasteiger partial charge in [0.1, 0.15) is 10.6 Å². The molecule has 1 saturated heterocycles. The van der Waals surface area contributed by atoms with Crippen LogP contribution < -0.4 is 5.14 Å². The van der Waals surface area contributed by atoms with Crippen molar-refractivity contribution >= 4 is 26.8 Å². The number of para-hydroxylation sites is 1. The number of hydrogen-bond donors (Lipinski definition) is 2. The van der Waals surface area contributed by atoms with E-state index in [-0.39, 0.29) is 16.6 Å². The van der Waals surface area contributed by atoms with E-state index >= 15 is 0 Å². The number of rotatable bonds is 4. The lowest BCUT2D eigenvalue weighted by atomic mass is 9.89. The minimum atomic E-state index is -3.87. The first kappa shape index (κ1) is 23.0. The van der Waals surface area contributed by atoms with Gasteiger partial charge in [-0.3, -0.25) is 9.78 Å². The second kappa shape index (κ2) is 9.13. The molecule has 0 unspecified atom stereocenters. The van der Waals surface area contributed by atoms with Crippen LogP contribution in [0.2, 0.25) is 0 Å². The fraction of sp³-hybridized carbons (Fsp3) is 0.185. The fourth-order valence-corrected chi connectivity index (χ4v) is 5.38. The molecule has 3 N–H and O–H groups in total. The van der Waals surface area contributed by atoms with E-state index in [4.69, 9.17) is 5.14 Å². The molecule has 0 spiro atoms. The van der Waals surface area contributed by atoms with Crippen LogP contribution in [0.1, 0.15) is 34.7 Å². The zero-order valence-electron chi connectivity index (χ0n) is 19.0. The van der Waals surface area contributed by atoms with Gasteiger partial charge in [-0.2, -0.15) is 0 Å². The maximum atomic E-state index is 13.1. The van der Waals surface area contributed by atoms with E-state index in [1.54, 1.807) is 30.5 Å². The predicted molar refractivity (Wildman–Crippen MR) is 135 cm³/mol. The number of carbonyl (C=O) groups excluding carboxylic acids is 1. The highest BCUT2D eigenvalue weighted by Crippen LogP contribution is 2.30. The monoisotopic (exact) mass is 487 g/mol. The number of primary sulfonamides is 1. The van der Waals surface area contributed by atoms with Gasteiger partial charge in [0, 0.05) is 35.8 Å². The minimum absolute atomic E-state index is 0.00308. The summed E-state index contributed by atoms with van der Waals surface area (Å²) in [7, 11) is -3.87. The summed E-state index contributed by atoms with van der Waals surface area (Å²) in [4.78, 5) is 19.3. The number of aromatic hydroxyl groups is 1. The van der Waals surface area contributed by atoms with E-state index in [1.807, 2.05) is 47.4 Å². The van der Waals surface area contributed by atoms with E-state index in [1.165, 1.54) is 11.6 Å². The van der Waals surface area contributed by atoms with Crippen LogP contribution in [0.15, 0.2) is 83.9 Å². The number of likely N-dealkylation sites (tertiary alicyclic amines) is 1. The largest absolute Gasteiger partial charge is 0.508 e. The van der Waals surface area contributed by atoms with Crippen LogP contribution in [0.25, 0.3) is 22.0 Å². The number of amides is 1. The van der Waals surface area contributed by atoms with Crippen molar-refractivity contribution in [3.05, 3.63) is 90.1 Å². The van der Waals surface area contributed by atoms with E-state index in [2.05, 4.69) is 4.98 Å². The lowest BCUT2D eigenvalue weighted by Crippen LogP contribution is -2.37. The van der Waals surface area contributed by atoms with Crippen molar-refractivity contribution in [2.75, 3.05) is 13.1 Å². The summed E-state index contributed by atoms with van der Waals surface area (Å²) in [6, 6.07) is 21.4. The Morgan fingerprint density at radius 3 is 2.29 bits per heavy atom. The first-order chi connectivity index (χ1) is 16.8. The maximum absolute atomic E-state index is 13.1. The highest BCUT2D eigenvalue weighted by atomic mass is 32.2. The van der Waals surface area contributed by atoms with Gasteiger partial charge in [0.2, 0.25) is 10.0 Å². The quantitative estimate of drug-likeness (QED) is 0.446. The molecule has 1 aromatic heterocycles. The van der Waals surface area contributed by atoms with Crippen LogP contribution in [-0.2, 0) is 10.0 Å². The van der Waals surface area contributed by atoms with Gasteiger partial charge in [-0.1, -0.05) is 36.4 Å². The van der Waals surface area contributed by atoms with Crippen LogP contribution in [-0.4, -0.2) is 42.4 Å². The Morgan fingerprint density at radius 2 is 1.63 bits per heavy atom. The summed E-state index contributed by atoms with van der Waals surface area (Å²) in [5.74, 6) is 0.657. The lowest BCUT2D eigenvalue weighted by Gasteiger charge is -2.32. The van der Waals surface area contributed by atoms with E-state index < -0.39 is 10.0 Å². The maximum Gasteiger partial charge on any atom is 0.253 e. The first-order valence-corrected chi connectivity index (χ1v) is 12.9. The fourth-order valence-electron chi connectivity index (χ4n) is 4.67. The normalized spacial score (nSPS) is 14.8. The summed E-state index contributed by atoms with van der Waals surface area (Å²) in [6.45, 7) is 1.38. The zero-order valence-corrected chi connectivity index (χ0v) is 19.8. The molecule has 1 amide bonds. The van der Waals surface area contributed by atoms with Gasteiger partial charge in [-0.25, -0.2) is 13.6 Å². The van der Waals surface area contributed by atoms with Crippen LogP contribution in [0.4, 0.5) is 0 Å². The Kier molecular flexibility index (Phi) is 6.00. The van der Waals surface area contributed by atoms with E-state index in [0.29, 0.717) is 35.5 Å². The van der Waals surface area contributed by atoms with Gasteiger partial charge < -0.3 is 10.0 Å². The Morgan fingerprint density at radius 1 is 0.943 bits per heavy atom. The molecule has 0 saturated carbocycles. The molecule has 0 atom stereocenters. The smallest absolute Gasteiger partial charge is 0.253 e. The van der Waals surface area contributed by atoms with Gasteiger partial charge in [-0.05, 0) is 66.3 Å². The number of nitrogens with two attached hydrogens (primary N) is 1. The molecular weight excluding hydrogens is 462 g/mol. The Balaban J connectivity index is 1.29. The predicted octanol–water partition coefficient (Wildman–Crippen LogP) is 4.27. The SMILES string of the molecule is NS(=O)(=O)c1cccc2cc(-c3ccc(C(=O)N4CCC(c5ccc(O)cc5)CC4)cc3)cnc12. The van der Waals surface area contributed by atoms with Crippen molar-refractivity contribution in [2.45, 2.75) is 23.7 Å². The van der Waals surface area contributed by atoms with Crippen molar-refractivity contribution in [3.8, 4) is 16.9 Å². The standard InChI is InChI=1S/C27H25N3O4S/c28-35(33,34)25-3-1-2-22-16-23(17-29-26(22)25)19-4-6-21(7-5-19)27(32)30-14-12-20(13-15-30)18-8-10-24(31)11-9-18/h1-11,16-17,20,31H,12-15H2,(H2,28,33,34). The van der Waals surface area contributed by atoms with Gasteiger partial charge in [0.05, 0.1) is 5.52 Å². The van der Waals surface area contributed by atoms with Crippen LogP contribution in [0, 0.1) is 0 Å². The van der Waals surface area contributed by atoms with Crippen LogP contribution in [0.3, 0.4) is 0 Å². The second-order valence-electron chi connectivity index (χ2n) is 8.83. The molecule has 1 fully saturated rings. The van der Waals surface area contributed by atoms with E-state index in [0.717, 1.165) is 24.0 Å². The van der Waals surface area contributed by atoms with Crippen molar-refractivity contribution in [3.63, 3.8) is 0 Å². The highest BCUT2D eigenvalue weighted by Gasteiger charge is 2.24. The number of pyridine rings is 1. The summed E-state index contributed by atoms with van der Waals surface area (Å²) in [6.07, 6.45) is 3.39. The summed E-state index contributed by atoms with van der Waals surface area (Å²) in [5.41, 5.74) is 3.85. The number of aromatic nitrogens is 1. The van der Waals surface area contributed by atoms with Crippen molar-refractivity contribution in [2.24, 2.45) is 5.14 Å². The Labute approximate surface area is 203 Å². The second-order valence-corrected chi connectivity index (χ2v) is 10.4. The molecule has 5 rings (SSSR count). The summed E-state index contributed by atoms with van der Waals surface area (Å²) >= 11 is 0. The Hall–Kier alpha value is -3.75. The first-order valence-electron chi connectivity index (χ1n) is 11.4. The third kappa shape index (κ3) is 4.76. The van der Waals surface area contributed by atoms with Crippen molar-refractivity contribution in [1.82, 2.24) is 9.88 Å². The number of fused-ring (bicyclic) bond motifs is 1. The number of carbonyl (C=O) groups is 1. The minimum Gasteiger partial charge on any atom is -0.508 e. The number of phenols is 1. The van der Waals surface area contributed by atoms with Gasteiger partial charge in [-0.15, -0.1) is 0 Å². The number of nitrogens with zero attached hydrogens (tertiary/aromatic N) is 2. The topological polar surface area (TPSA) is 114 Å². The van der Waals surface area contributed by atoms with E-state index in [9.17, 15) is 18.3 Å². The number of phenolic OH excluding ortho intramolecular Hbond substituents is 1. The molecule has 0 bridgehead atoms. The molecule has 178 valence electrons. The third-order valence-corrected chi connectivity index (χ3v) is 7.53. The summed E-state index contributed by atoms with van der Waals surface area (Å²) < 4.78 is 23.7. The summed E-state index contributed by atoms with van der Waals surface area (Å²) in [5, 5.41) is 15.5. The molecular formula is C27H25N3O4S. The molecule has 1 aliphatic heterocycles. The molecule has 2 heterocycles. The third-order valence-electron chi connectivity index (χ3n) is 6.59. The van der Waals surface area contributed by atoms with Crippen LogP contribution in [0.5, 0.6) is 5.75 Å². The molecule has 0 radical (unpaired) electrons. The molecule has 0 aliphatic carbocycles. The zero-order chi connectivity index (χ0) is 24.6. The molecule has 8 heteroatoms. The highest BCUT2D eigenvalue weighted by molar-refractivity contribution is 7.89. The molecule has 35 heavy (non-hydrogen) atoms.